The average molecular weight is 1090 g/mol. The van der Waals surface area contributed by atoms with Gasteiger partial charge >= 0.3 is 0 Å². The van der Waals surface area contributed by atoms with E-state index < -0.39 is 42.4 Å². The minimum absolute atomic E-state index is 0.0773. The van der Waals surface area contributed by atoms with E-state index in [9.17, 15) is 34.2 Å². The summed E-state index contributed by atoms with van der Waals surface area (Å²) < 4.78 is 8.13. The van der Waals surface area contributed by atoms with Crippen molar-refractivity contribution in [1.82, 2.24) is 44.6 Å². The first-order chi connectivity index (χ1) is 38.0. The number of aromatic amines is 1. The summed E-state index contributed by atoms with van der Waals surface area (Å²) in [6.45, 7) is 13.4. The van der Waals surface area contributed by atoms with E-state index in [1.165, 1.54) is 11.9 Å². The number of Topliss-reactive ketones (excluding diaryl/α,β-unsaturated/α-hetero) is 2. The number of anilines is 2. The SMILES string of the molecule is CC(C)N(C[C@H]1O[C@@H](n2cnc3c(NCCCCNC(=O)CCCCCCCCCCCNc4cccc5c4C(=O)N(C4CCC(=O)CC4=O)C5=O)ncnc32)[C@@H](O)C1O)C1CC(CCc2nc3ccc(C(C)(C)C)cc3[nH]2)C1. The van der Waals surface area contributed by atoms with E-state index >= 15 is 0 Å². The zero-order valence-corrected chi connectivity index (χ0v) is 47.0. The summed E-state index contributed by atoms with van der Waals surface area (Å²) in [6, 6.07) is 11.4. The van der Waals surface area contributed by atoms with E-state index in [1.54, 1.807) is 29.1 Å². The van der Waals surface area contributed by atoms with Crippen LogP contribution < -0.4 is 16.0 Å². The van der Waals surface area contributed by atoms with Gasteiger partial charge in [-0.2, -0.15) is 0 Å². The number of ether oxygens (including phenoxy) is 1. The molecule has 3 amide bonds. The Balaban J connectivity index is 0.606. The van der Waals surface area contributed by atoms with Gasteiger partial charge in [-0.1, -0.05) is 77.8 Å². The molecule has 3 aromatic heterocycles. The smallest absolute Gasteiger partial charge is 0.264 e. The number of aromatic nitrogens is 6. The number of aliphatic hydroxyl groups is 2. The van der Waals surface area contributed by atoms with Gasteiger partial charge in [0.25, 0.3) is 11.8 Å². The van der Waals surface area contributed by atoms with Crippen LogP contribution in [0.3, 0.4) is 0 Å². The molecule has 4 aliphatic rings. The third-order valence-electron chi connectivity index (χ3n) is 16.7. The second-order valence-corrected chi connectivity index (χ2v) is 23.9. The van der Waals surface area contributed by atoms with Gasteiger partial charge in [-0.15, -0.1) is 0 Å². The molecule has 19 heteroatoms. The molecule has 0 bridgehead atoms. The summed E-state index contributed by atoms with van der Waals surface area (Å²) in [5.41, 5.74) is 5.76. The topological polar surface area (TPSA) is 250 Å². The Morgan fingerprint density at radius 1 is 0.861 bits per heavy atom. The van der Waals surface area contributed by atoms with Gasteiger partial charge < -0.3 is 35.9 Å². The van der Waals surface area contributed by atoms with Crippen LogP contribution in [0.2, 0.25) is 0 Å². The van der Waals surface area contributed by atoms with Gasteiger partial charge in [-0.05, 0) is 106 Å². The normalized spacial score (nSPS) is 22.4. The van der Waals surface area contributed by atoms with E-state index in [0.29, 0.717) is 78.4 Å². The van der Waals surface area contributed by atoms with Crippen molar-refractivity contribution in [2.24, 2.45) is 5.92 Å². The predicted molar refractivity (Wildman–Crippen MR) is 303 cm³/mol. The molecule has 1 saturated heterocycles. The Morgan fingerprint density at radius 3 is 2.33 bits per heavy atom. The lowest BCUT2D eigenvalue weighted by Crippen LogP contribution is -2.52. The Labute approximate surface area is 463 Å². The van der Waals surface area contributed by atoms with Crippen LogP contribution in [-0.2, 0) is 31.0 Å². The number of rotatable bonds is 28. The van der Waals surface area contributed by atoms with Gasteiger partial charge in [-0.3, -0.25) is 38.3 Å². The number of fused-ring (bicyclic) bond motifs is 3. The van der Waals surface area contributed by atoms with E-state index in [2.05, 4.69) is 93.6 Å². The summed E-state index contributed by atoms with van der Waals surface area (Å²) in [4.78, 5) is 88.7. The number of imide groups is 1. The number of imidazole rings is 2. The molecule has 0 radical (unpaired) electrons. The fourth-order valence-corrected chi connectivity index (χ4v) is 12.0. The van der Waals surface area contributed by atoms with Crippen molar-refractivity contribution in [2.75, 3.05) is 36.8 Å². The second-order valence-electron chi connectivity index (χ2n) is 23.9. The molecule has 2 aliphatic carbocycles. The minimum atomic E-state index is -1.16. The van der Waals surface area contributed by atoms with Crippen molar-refractivity contribution in [3.8, 4) is 0 Å². The van der Waals surface area contributed by atoms with Crippen molar-refractivity contribution in [3.05, 3.63) is 71.6 Å². The molecule has 2 aliphatic heterocycles. The second kappa shape index (κ2) is 26.0. The van der Waals surface area contributed by atoms with Crippen LogP contribution in [0.15, 0.2) is 49.1 Å². The first kappa shape index (κ1) is 57.5. The van der Waals surface area contributed by atoms with Crippen molar-refractivity contribution >= 4 is 63.0 Å². The van der Waals surface area contributed by atoms with Crippen LogP contribution in [0, 0.1) is 5.92 Å². The molecule has 5 heterocycles. The molecule has 2 aromatic carbocycles. The lowest BCUT2D eigenvalue weighted by molar-refractivity contribution is -0.132. The summed E-state index contributed by atoms with van der Waals surface area (Å²) in [5, 5.41) is 32.4. The molecule has 2 saturated carbocycles. The van der Waals surface area contributed by atoms with Crippen molar-refractivity contribution < 1.29 is 38.9 Å². The zero-order valence-electron chi connectivity index (χ0n) is 47.0. The van der Waals surface area contributed by atoms with E-state index in [-0.39, 0.29) is 48.2 Å². The molecule has 5 atom stereocenters. The number of aryl methyl sites for hydroxylation is 1. The molecule has 6 N–H and O–H groups in total. The fraction of sp³-hybridized carbons (Fsp3) is 0.617. The lowest BCUT2D eigenvalue weighted by atomic mass is 9.76. The number of nitrogens with one attached hydrogen (secondary N) is 4. The molecule has 426 valence electrons. The molecular weight excluding hydrogens is 1000 g/mol. The summed E-state index contributed by atoms with van der Waals surface area (Å²) in [7, 11) is 0. The monoisotopic (exact) mass is 1090 g/mol. The Hall–Kier alpha value is -6.15. The number of H-pyrrole nitrogens is 1. The number of aliphatic hydroxyl groups excluding tert-OH is 2. The molecule has 79 heavy (non-hydrogen) atoms. The molecule has 19 nitrogen and oxygen atoms in total. The summed E-state index contributed by atoms with van der Waals surface area (Å²) >= 11 is 0. The molecule has 9 rings (SSSR count). The number of unbranched alkanes of at least 4 members (excludes halogenated alkanes) is 9. The van der Waals surface area contributed by atoms with Crippen molar-refractivity contribution in [2.45, 2.75) is 205 Å². The maximum absolute atomic E-state index is 13.3. The van der Waals surface area contributed by atoms with E-state index in [1.807, 2.05) is 0 Å². The number of hydrogen-bond acceptors (Lipinski definition) is 15. The van der Waals surface area contributed by atoms with Crippen LogP contribution in [0.25, 0.3) is 22.2 Å². The molecule has 5 aromatic rings. The van der Waals surface area contributed by atoms with Crippen LogP contribution in [0.4, 0.5) is 11.5 Å². The van der Waals surface area contributed by atoms with Gasteiger partial charge in [0, 0.05) is 63.2 Å². The van der Waals surface area contributed by atoms with Crippen LogP contribution in [-0.4, -0.2) is 141 Å². The maximum Gasteiger partial charge on any atom is 0.264 e. The number of ketones is 2. The quantitative estimate of drug-likeness (QED) is 0.0156. The number of hydrogen-bond donors (Lipinski definition) is 6. The first-order valence-electron chi connectivity index (χ1n) is 29.3. The maximum atomic E-state index is 13.3. The first-order valence-corrected chi connectivity index (χ1v) is 29.3. The van der Waals surface area contributed by atoms with E-state index in [0.717, 1.165) is 118 Å². The highest BCUT2D eigenvalue weighted by atomic mass is 16.6. The Bertz CT molecular complexity index is 2940. The summed E-state index contributed by atoms with van der Waals surface area (Å²) in [6.07, 6.45) is 15.2. The van der Waals surface area contributed by atoms with Gasteiger partial charge in [0.15, 0.2) is 29.0 Å². The minimum Gasteiger partial charge on any atom is -0.387 e. The van der Waals surface area contributed by atoms with Gasteiger partial charge in [0.05, 0.1) is 41.0 Å². The standard InChI is InChI=1S/C60H83N11O8/c1-37(2)69(40-30-38(31-40)21-26-49-67-43-24-22-39(60(3,4)5)32-45(43)68-49)34-48-53(75)54(76)59(79-48)70-36-66-52-55(64-35-65-56(52)70)63-29-16-15-28-62-50(74)20-13-11-9-7-6-8-10-12-14-27-61-44-19-17-18-42-51(44)58(78)71(57(42)77)46-25-23-41(72)33-47(46)73/h17-19,22,24,32,35-38,40,46,48,53-54,59,61,75-76H,6-16,20-21,23,25-31,33-34H2,1-5H3,(H,62,74)(H,67,68)(H,63,64,65)/t38?,40?,46?,48-,53?,54+,59-/m1/s1. The average Bonchev–Trinajstić information content (AvgIpc) is 4.15. The highest BCUT2D eigenvalue weighted by Crippen LogP contribution is 2.39. The van der Waals surface area contributed by atoms with Gasteiger partial charge in [-0.25, -0.2) is 19.9 Å². The predicted octanol–water partition coefficient (Wildman–Crippen LogP) is 8.35. The van der Waals surface area contributed by atoms with Gasteiger partial charge in [0.2, 0.25) is 5.91 Å². The van der Waals surface area contributed by atoms with Crippen molar-refractivity contribution in [1.29, 1.82) is 0 Å². The van der Waals surface area contributed by atoms with Crippen LogP contribution in [0.5, 0.6) is 0 Å². The Morgan fingerprint density at radius 2 is 1.58 bits per heavy atom. The van der Waals surface area contributed by atoms with Crippen molar-refractivity contribution in [3.63, 3.8) is 0 Å². The van der Waals surface area contributed by atoms with Crippen LogP contribution in [0.1, 0.15) is 189 Å². The summed E-state index contributed by atoms with van der Waals surface area (Å²) in [5.74, 6) is 0.829. The molecule has 2 unspecified atom stereocenters. The Kier molecular flexibility index (Phi) is 18.9. The number of benzene rings is 2. The third-order valence-corrected chi connectivity index (χ3v) is 16.7. The number of carbonyl (C=O) groups excluding carboxylic acids is 5. The number of amides is 3. The van der Waals surface area contributed by atoms with E-state index in [4.69, 9.17) is 9.72 Å². The number of carbonyl (C=O) groups is 5. The highest BCUT2D eigenvalue weighted by molar-refractivity contribution is 6.25. The lowest BCUT2D eigenvalue weighted by Gasteiger charge is -2.46. The zero-order chi connectivity index (χ0) is 55.8. The fourth-order valence-electron chi connectivity index (χ4n) is 12.0. The molecular formula is C60H83N11O8. The largest absolute Gasteiger partial charge is 0.387 e. The van der Waals surface area contributed by atoms with Crippen LogP contribution >= 0.6 is 0 Å². The van der Waals surface area contributed by atoms with Gasteiger partial charge in [0.1, 0.15) is 36.2 Å². The number of nitrogens with zero attached hydrogens (tertiary/aromatic N) is 7. The third kappa shape index (κ3) is 13.7. The molecule has 0 spiro atoms. The highest BCUT2D eigenvalue weighted by Gasteiger charge is 2.48. The molecule has 3 fully saturated rings.